The van der Waals surface area contributed by atoms with Gasteiger partial charge in [-0.3, -0.25) is 4.79 Å². The number of nitrogens with zero attached hydrogens (tertiary/aromatic N) is 4. The van der Waals surface area contributed by atoms with Crippen LogP contribution in [0.1, 0.15) is 23.5 Å². The van der Waals surface area contributed by atoms with Gasteiger partial charge in [-0.25, -0.2) is 4.98 Å². The topological polar surface area (TPSA) is 79.2 Å². The highest BCUT2D eigenvalue weighted by Gasteiger charge is 2.55. The third-order valence-corrected chi connectivity index (χ3v) is 4.34. The molecule has 1 saturated heterocycles. The highest BCUT2D eigenvalue weighted by atomic mass is 16.3. The van der Waals surface area contributed by atoms with E-state index in [-0.39, 0.29) is 17.1 Å². The Morgan fingerprint density at radius 2 is 2.00 bits per heavy atom. The number of aliphatic hydroxyl groups is 1. The summed E-state index contributed by atoms with van der Waals surface area (Å²) < 4.78 is 0. The van der Waals surface area contributed by atoms with Gasteiger partial charge in [0.25, 0.3) is 5.91 Å². The molecule has 1 atom stereocenters. The van der Waals surface area contributed by atoms with Crippen molar-refractivity contribution in [1.29, 1.82) is 0 Å². The number of likely N-dealkylation sites (tertiary alicyclic amines) is 1. The summed E-state index contributed by atoms with van der Waals surface area (Å²) in [5.41, 5.74) is 1.27. The Bertz CT molecular complexity index is 698. The maximum Gasteiger partial charge on any atom is 0.293 e. The molecule has 2 aliphatic rings. The third-order valence-electron chi connectivity index (χ3n) is 4.34. The normalized spacial score (nSPS) is 23.4. The second kappa shape index (κ2) is 3.96. The fourth-order valence-corrected chi connectivity index (χ4v) is 2.87. The Morgan fingerprint density at radius 1 is 1.25 bits per heavy atom. The lowest BCUT2D eigenvalue weighted by Crippen LogP contribution is -2.31. The number of amides is 1. The smallest absolute Gasteiger partial charge is 0.293 e. The molecule has 1 aromatic heterocycles. The van der Waals surface area contributed by atoms with E-state index in [1.807, 2.05) is 24.3 Å². The Morgan fingerprint density at radius 3 is 2.70 bits per heavy atom. The molecule has 1 N–H and O–H groups in total. The standard InChI is InChI=1S/C14H14N4O2/c19-11-7-18(8-14(11)5-6-14)13(20)12-15-9-3-1-2-4-10(9)16-17-12/h1-4,11,19H,5-8H2. The number of rotatable bonds is 1. The molecule has 1 unspecified atom stereocenters. The van der Waals surface area contributed by atoms with Gasteiger partial charge in [0, 0.05) is 18.5 Å². The molecule has 20 heavy (non-hydrogen) atoms. The van der Waals surface area contributed by atoms with Gasteiger partial charge in [0.1, 0.15) is 5.52 Å². The average molecular weight is 270 g/mol. The molecule has 1 aromatic carbocycles. The number of hydrogen-bond acceptors (Lipinski definition) is 5. The van der Waals surface area contributed by atoms with Gasteiger partial charge in [-0.15, -0.1) is 10.2 Å². The molecule has 102 valence electrons. The second-order valence-electron chi connectivity index (χ2n) is 5.69. The van der Waals surface area contributed by atoms with Gasteiger partial charge in [0.15, 0.2) is 0 Å². The molecule has 1 aliphatic carbocycles. The van der Waals surface area contributed by atoms with E-state index in [9.17, 15) is 9.90 Å². The molecule has 4 rings (SSSR count). The van der Waals surface area contributed by atoms with Crippen LogP contribution in [0.5, 0.6) is 0 Å². The molecule has 2 heterocycles. The number of carbonyl (C=O) groups excluding carboxylic acids is 1. The number of β-amino-alcohol motifs (C(OH)–C–C–N with tert-alkyl or cyclic N) is 1. The van der Waals surface area contributed by atoms with Gasteiger partial charge in [-0.2, -0.15) is 0 Å². The predicted octanol–water partition coefficient (Wildman–Crippen LogP) is 0.622. The molecule has 6 heteroatoms. The van der Waals surface area contributed by atoms with Crippen LogP contribution in [0, 0.1) is 5.41 Å². The lowest BCUT2D eigenvalue weighted by molar-refractivity contribution is 0.0751. The van der Waals surface area contributed by atoms with Crippen molar-refractivity contribution in [2.45, 2.75) is 18.9 Å². The van der Waals surface area contributed by atoms with Crippen molar-refractivity contribution in [1.82, 2.24) is 20.1 Å². The van der Waals surface area contributed by atoms with Crippen molar-refractivity contribution < 1.29 is 9.90 Å². The third kappa shape index (κ3) is 1.68. The predicted molar refractivity (Wildman–Crippen MR) is 70.9 cm³/mol. The minimum absolute atomic E-state index is 0.0556. The fraction of sp³-hybridized carbons (Fsp3) is 0.429. The summed E-state index contributed by atoms with van der Waals surface area (Å²) in [6.07, 6.45) is 1.57. The highest BCUT2D eigenvalue weighted by molar-refractivity contribution is 5.92. The van der Waals surface area contributed by atoms with Crippen LogP contribution in [0.15, 0.2) is 24.3 Å². The number of aliphatic hydroxyl groups excluding tert-OH is 1. The number of hydrogen-bond donors (Lipinski definition) is 1. The summed E-state index contributed by atoms with van der Waals surface area (Å²) in [6.45, 7) is 0.970. The molecule has 1 spiro atoms. The maximum atomic E-state index is 12.4. The summed E-state index contributed by atoms with van der Waals surface area (Å²) in [6, 6.07) is 7.32. The monoisotopic (exact) mass is 270 g/mol. The van der Waals surface area contributed by atoms with Gasteiger partial charge < -0.3 is 10.0 Å². The summed E-state index contributed by atoms with van der Waals surface area (Å²) >= 11 is 0. The first kappa shape index (κ1) is 11.7. The minimum Gasteiger partial charge on any atom is -0.391 e. The van der Waals surface area contributed by atoms with Gasteiger partial charge >= 0.3 is 0 Å². The summed E-state index contributed by atoms with van der Waals surface area (Å²) in [5, 5.41) is 17.9. The van der Waals surface area contributed by atoms with Gasteiger partial charge in [0.2, 0.25) is 5.82 Å². The Hall–Kier alpha value is -2.08. The van der Waals surface area contributed by atoms with Gasteiger partial charge in [-0.1, -0.05) is 12.1 Å². The number of benzene rings is 1. The van der Waals surface area contributed by atoms with E-state index in [0.717, 1.165) is 12.8 Å². The van der Waals surface area contributed by atoms with E-state index in [1.165, 1.54) is 0 Å². The Kier molecular flexibility index (Phi) is 2.32. The molecule has 0 radical (unpaired) electrons. The van der Waals surface area contributed by atoms with Crippen LogP contribution >= 0.6 is 0 Å². The molecular formula is C14H14N4O2. The van der Waals surface area contributed by atoms with E-state index in [2.05, 4.69) is 15.2 Å². The molecule has 6 nitrogen and oxygen atoms in total. The highest BCUT2D eigenvalue weighted by Crippen LogP contribution is 2.52. The number of para-hydroxylation sites is 1. The van der Waals surface area contributed by atoms with E-state index in [4.69, 9.17) is 0 Å². The van der Waals surface area contributed by atoms with E-state index in [1.54, 1.807) is 4.90 Å². The molecule has 2 aromatic rings. The molecular weight excluding hydrogens is 256 g/mol. The van der Waals surface area contributed by atoms with Crippen molar-refractivity contribution in [3.63, 3.8) is 0 Å². The summed E-state index contributed by atoms with van der Waals surface area (Å²) in [7, 11) is 0. The van der Waals surface area contributed by atoms with E-state index in [0.29, 0.717) is 24.1 Å². The van der Waals surface area contributed by atoms with Crippen molar-refractivity contribution in [2.75, 3.05) is 13.1 Å². The van der Waals surface area contributed by atoms with Crippen LogP contribution < -0.4 is 0 Å². The quantitative estimate of drug-likeness (QED) is 0.822. The lowest BCUT2D eigenvalue weighted by atomic mass is 10.0. The second-order valence-corrected chi connectivity index (χ2v) is 5.69. The average Bonchev–Trinajstić information content (AvgIpc) is 3.18. The fourth-order valence-electron chi connectivity index (χ4n) is 2.87. The van der Waals surface area contributed by atoms with Crippen molar-refractivity contribution in [2.24, 2.45) is 5.41 Å². The summed E-state index contributed by atoms with van der Waals surface area (Å²) in [4.78, 5) is 18.3. The summed E-state index contributed by atoms with van der Waals surface area (Å²) in [5.74, 6) is -0.139. The first-order valence-electron chi connectivity index (χ1n) is 6.75. The Labute approximate surface area is 115 Å². The van der Waals surface area contributed by atoms with Crippen molar-refractivity contribution >= 4 is 16.9 Å². The largest absolute Gasteiger partial charge is 0.391 e. The zero-order chi connectivity index (χ0) is 13.7. The van der Waals surface area contributed by atoms with Crippen LogP contribution in [-0.4, -0.2) is 50.3 Å². The van der Waals surface area contributed by atoms with Gasteiger partial charge in [-0.05, 0) is 25.0 Å². The molecule has 1 saturated carbocycles. The van der Waals surface area contributed by atoms with Crippen LogP contribution in [0.2, 0.25) is 0 Å². The number of carbonyl (C=O) groups is 1. The first-order valence-corrected chi connectivity index (χ1v) is 6.75. The van der Waals surface area contributed by atoms with Crippen molar-refractivity contribution in [3.05, 3.63) is 30.1 Å². The molecule has 1 aliphatic heterocycles. The first-order chi connectivity index (χ1) is 9.68. The zero-order valence-electron chi connectivity index (χ0n) is 10.9. The zero-order valence-corrected chi connectivity index (χ0v) is 10.9. The lowest BCUT2D eigenvalue weighted by Gasteiger charge is -2.14. The maximum absolute atomic E-state index is 12.4. The van der Waals surface area contributed by atoms with E-state index >= 15 is 0 Å². The minimum atomic E-state index is -0.417. The molecule has 2 fully saturated rings. The molecule has 1 amide bonds. The van der Waals surface area contributed by atoms with Crippen LogP contribution in [0.3, 0.4) is 0 Å². The molecule has 0 bridgehead atoms. The van der Waals surface area contributed by atoms with Crippen molar-refractivity contribution in [3.8, 4) is 0 Å². The Balaban J connectivity index is 1.64. The number of fused-ring (bicyclic) bond motifs is 1. The van der Waals surface area contributed by atoms with Crippen LogP contribution in [-0.2, 0) is 0 Å². The van der Waals surface area contributed by atoms with Crippen LogP contribution in [0.25, 0.3) is 11.0 Å². The van der Waals surface area contributed by atoms with Crippen LogP contribution in [0.4, 0.5) is 0 Å². The van der Waals surface area contributed by atoms with Gasteiger partial charge in [0.05, 0.1) is 11.6 Å². The SMILES string of the molecule is O=C(c1nnc2ccccc2n1)N1CC(O)C2(CC2)C1. The number of aromatic nitrogens is 3. The van der Waals surface area contributed by atoms with E-state index < -0.39 is 6.10 Å².